The summed E-state index contributed by atoms with van der Waals surface area (Å²) in [6, 6.07) is 7.56. The Morgan fingerprint density at radius 1 is 1.38 bits per heavy atom. The van der Waals surface area contributed by atoms with Crippen molar-refractivity contribution in [1.82, 2.24) is 10.0 Å². The molecule has 118 valence electrons. The summed E-state index contributed by atoms with van der Waals surface area (Å²) in [6.07, 6.45) is 2.99. The second-order valence-corrected chi connectivity index (χ2v) is 7.21. The van der Waals surface area contributed by atoms with E-state index in [1.54, 1.807) is 12.1 Å². The second kappa shape index (κ2) is 7.24. The number of benzene rings is 1. The minimum absolute atomic E-state index is 0.335. The van der Waals surface area contributed by atoms with Gasteiger partial charge in [0.05, 0.1) is 5.69 Å². The Morgan fingerprint density at radius 2 is 2.14 bits per heavy atom. The first kappa shape index (κ1) is 16.3. The normalized spacial score (nSPS) is 19.4. The summed E-state index contributed by atoms with van der Waals surface area (Å²) in [5, 5.41) is 3.37. The van der Waals surface area contributed by atoms with Crippen LogP contribution in [0.2, 0.25) is 0 Å². The van der Waals surface area contributed by atoms with Crippen LogP contribution in [0.4, 0.5) is 5.69 Å². The van der Waals surface area contributed by atoms with Crippen LogP contribution in [0.15, 0.2) is 29.2 Å². The molecule has 0 radical (unpaired) electrons. The van der Waals surface area contributed by atoms with Crippen molar-refractivity contribution in [3.05, 3.63) is 24.3 Å². The fraction of sp³-hybridized carbons (Fsp3) is 0.600. The molecule has 0 saturated carbocycles. The Kier molecular flexibility index (Phi) is 5.61. The van der Waals surface area contributed by atoms with Crippen molar-refractivity contribution in [3.63, 3.8) is 0 Å². The summed E-state index contributed by atoms with van der Waals surface area (Å²) in [7, 11) is -1.47. The predicted octanol–water partition coefficient (Wildman–Crippen LogP) is 1.56. The third-order valence-electron chi connectivity index (χ3n) is 3.90. The van der Waals surface area contributed by atoms with Crippen molar-refractivity contribution in [2.24, 2.45) is 0 Å². The summed E-state index contributed by atoms with van der Waals surface area (Å²) >= 11 is 0. The molecular formula is C15H25N3O2S. The third kappa shape index (κ3) is 3.96. The largest absolute Gasteiger partial charge is 0.369 e. The molecule has 1 atom stereocenters. The van der Waals surface area contributed by atoms with Crippen molar-refractivity contribution < 1.29 is 8.42 Å². The van der Waals surface area contributed by atoms with Gasteiger partial charge in [0.25, 0.3) is 0 Å². The lowest BCUT2D eigenvalue weighted by Gasteiger charge is -2.34. The average Bonchev–Trinajstić information content (AvgIpc) is 2.53. The number of nitrogens with zero attached hydrogens (tertiary/aromatic N) is 1. The fourth-order valence-electron chi connectivity index (χ4n) is 2.65. The first-order valence-corrected chi connectivity index (χ1v) is 9.07. The lowest BCUT2D eigenvalue weighted by atomic mass is 10.1. The van der Waals surface area contributed by atoms with Gasteiger partial charge in [-0.05, 0) is 37.9 Å². The first-order valence-electron chi connectivity index (χ1n) is 7.58. The van der Waals surface area contributed by atoms with Gasteiger partial charge in [-0.3, -0.25) is 0 Å². The van der Waals surface area contributed by atoms with Gasteiger partial charge < -0.3 is 10.2 Å². The molecule has 0 spiro atoms. The highest BCUT2D eigenvalue weighted by molar-refractivity contribution is 7.89. The van der Waals surface area contributed by atoms with Crippen LogP contribution in [0, 0.1) is 0 Å². The maximum atomic E-state index is 12.4. The Hall–Kier alpha value is -1.11. The lowest BCUT2D eigenvalue weighted by molar-refractivity contribution is 0.443. The number of hydrogen-bond acceptors (Lipinski definition) is 4. The van der Waals surface area contributed by atoms with Crippen molar-refractivity contribution >= 4 is 15.7 Å². The van der Waals surface area contributed by atoms with Gasteiger partial charge in [0.2, 0.25) is 10.0 Å². The van der Waals surface area contributed by atoms with Gasteiger partial charge in [-0.1, -0.05) is 19.1 Å². The summed E-state index contributed by atoms with van der Waals surface area (Å²) in [5.41, 5.74) is 0.773. The molecular weight excluding hydrogens is 286 g/mol. The zero-order chi connectivity index (χ0) is 15.3. The van der Waals surface area contributed by atoms with Crippen LogP contribution < -0.4 is 14.9 Å². The van der Waals surface area contributed by atoms with Crippen LogP contribution in [0.5, 0.6) is 0 Å². The number of piperidine rings is 1. The van der Waals surface area contributed by atoms with Crippen LogP contribution >= 0.6 is 0 Å². The van der Waals surface area contributed by atoms with Crippen LogP contribution in [0.25, 0.3) is 0 Å². The highest BCUT2D eigenvalue weighted by Gasteiger charge is 2.24. The Morgan fingerprint density at radius 3 is 2.81 bits per heavy atom. The molecule has 1 aliphatic rings. The smallest absolute Gasteiger partial charge is 0.242 e. The van der Waals surface area contributed by atoms with E-state index in [4.69, 9.17) is 0 Å². The molecule has 1 saturated heterocycles. The monoisotopic (exact) mass is 311 g/mol. The van der Waals surface area contributed by atoms with Gasteiger partial charge in [-0.15, -0.1) is 0 Å². The maximum Gasteiger partial charge on any atom is 0.242 e. The first-order chi connectivity index (χ1) is 10.1. The molecule has 1 fully saturated rings. The molecule has 1 unspecified atom stereocenters. The van der Waals surface area contributed by atoms with E-state index in [1.165, 1.54) is 0 Å². The summed E-state index contributed by atoms with van der Waals surface area (Å²) in [6.45, 7) is 4.36. The quantitative estimate of drug-likeness (QED) is 0.837. The van der Waals surface area contributed by atoms with Gasteiger partial charge in [-0.2, -0.15) is 0 Å². The Labute approximate surface area is 127 Å². The molecule has 0 amide bonds. The van der Waals surface area contributed by atoms with Gasteiger partial charge in [0.15, 0.2) is 0 Å². The number of likely N-dealkylation sites (N-methyl/N-ethyl adjacent to an activating group) is 1. The van der Waals surface area contributed by atoms with E-state index in [1.807, 2.05) is 26.1 Å². The summed E-state index contributed by atoms with van der Waals surface area (Å²) < 4.78 is 27.5. The van der Waals surface area contributed by atoms with Crippen LogP contribution in [0.3, 0.4) is 0 Å². The highest BCUT2D eigenvalue weighted by Crippen LogP contribution is 2.27. The minimum Gasteiger partial charge on any atom is -0.369 e. The molecule has 0 aromatic heterocycles. The van der Waals surface area contributed by atoms with Gasteiger partial charge in [0, 0.05) is 26.2 Å². The summed E-state index contributed by atoms with van der Waals surface area (Å²) in [5.74, 6) is 0. The highest BCUT2D eigenvalue weighted by atomic mass is 32.2. The minimum atomic E-state index is -3.45. The zero-order valence-corrected chi connectivity index (χ0v) is 13.6. The van der Waals surface area contributed by atoms with E-state index in [0.29, 0.717) is 17.5 Å². The van der Waals surface area contributed by atoms with Crippen molar-refractivity contribution in [3.8, 4) is 0 Å². The second-order valence-electron chi connectivity index (χ2n) is 5.48. The van der Waals surface area contributed by atoms with E-state index in [2.05, 4.69) is 14.9 Å². The van der Waals surface area contributed by atoms with Crippen LogP contribution in [-0.2, 0) is 10.0 Å². The van der Waals surface area contributed by atoms with Crippen molar-refractivity contribution in [1.29, 1.82) is 0 Å². The van der Waals surface area contributed by atoms with Crippen LogP contribution in [0.1, 0.15) is 26.2 Å². The number of anilines is 1. The molecule has 1 heterocycles. The number of nitrogens with one attached hydrogen (secondary N) is 2. The summed E-state index contributed by atoms with van der Waals surface area (Å²) in [4.78, 5) is 2.46. The molecule has 1 aromatic rings. The standard InChI is InChI=1S/C15H25N3O2S/c1-3-10-17-21(19,20)15-9-5-4-8-14(15)18(2)13-7-6-11-16-12-13/h4-5,8-9,13,16-17H,3,6-7,10-12H2,1-2H3. The number of sulfonamides is 1. The van der Waals surface area contributed by atoms with E-state index in [9.17, 15) is 8.42 Å². The zero-order valence-electron chi connectivity index (χ0n) is 12.8. The van der Waals surface area contributed by atoms with E-state index in [-0.39, 0.29) is 0 Å². The lowest BCUT2D eigenvalue weighted by Crippen LogP contribution is -2.44. The molecule has 1 aromatic carbocycles. The van der Waals surface area contributed by atoms with Gasteiger partial charge in [0.1, 0.15) is 4.90 Å². The molecule has 2 rings (SSSR count). The fourth-order valence-corrected chi connectivity index (χ4v) is 4.02. The number of rotatable bonds is 6. The number of hydrogen-bond donors (Lipinski definition) is 2. The van der Waals surface area contributed by atoms with Gasteiger partial charge >= 0.3 is 0 Å². The SMILES string of the molecule is CCCNS(=O)(=O)c1ccccc1N(C)C1CCCNC1. The topological polar surface area (TPSA) is 61.4 Å². The molecule has 0 aliphatic carbocycles. The third-order valence-corrected chi connectivity index (χ3v) is 5.40. The molecule has 0 bridgehead atoms. The molecule has 1 aliphatic heterocycles. The van der Waals surface area contributed by atoms with E-state index < -0.39 is 10.0 Å². The molecule has 6 heteroatoms. The molecule has 2 N–H and O–H groups in total. The van der Waals surface area contributed by atoms with Gasteiger partial charge in [-0.25, -0.2) is 13.1 Å². The predicted molar refractivity (Wildman–Crippen MR) is 86.2 cm³/mol. The number of para-hydroxylation sites is 1. The maximum absolute atomic E-state index is 12.4. The Balaban J connectivity index is 2.27. The van der Waals surface area contributed by atoms with Crippen molar-refractivity contribution in [2.45, 2.75) is 37.1 Å². The van der Waals surface area contributed by atoms with Crippen molar-refractivity contribution in [2.75, 3.05) is 31.6 Å². The van der Waals surface area contributed by atoms with E-state index >= 15 is 0 Å². The average molecular weight is 311 g/mol. The van der Waals surface area contributed by atoms with E-state index in [0.717, 1.165) is 38.0 Å². The molecule has 21 heavy (non-hydrogen) atoms. The molecule has 5 nitrogen and oxygen atoms in total. The Bertz CT molecular complexity index is 554. The van der Waals surface area contributed by atoms with Crippen LogP contribution in [-0.4, -0.2) is 41.1 Å².